The molecule has 0 unspecified atom stereocenters. The molecule has 2 aliphatic rings. The van der Waals surface area contributed by atoms with Gasteiger partial charge in [0.1, 0.15) is 11.5 Å². The highest BCUT2D eigenvalue weighted by molar-refractivity contribution is 6.50. The molecule has 0 bridgehead atoms. The van der Waals surface area contributed by atoms with Gasteiger partial charge in [0.2, 0.25) is 0 Å². The van der Waals surface area contributed by atoms with Gasteiger partial charge in [-0.2, -0.15) is 0 Å². The maximum atomic E-state index is 14.2. The summed E-state index contributed by atoms with van der Waals surface area (Å²) in [6.45, 7) is 6.84. The average molecular weight is 476 g/mol. The predicted molar refractivity (Wildman–Crippen MR) is 133 cm³/mol. The lowest BCUT2D eigenvalue weighted by Gasteiger charge is -2.35. The summed E-state index contributed by atoms with van der Waals surface area (Å²) in [5.74, 6) is -1.97. The molecular weight excluding hydrogens is 446 g/mol. The maximum absolute atomic E-state index is 14.2. The maximum Gasteiger partial charge on any atom is 0.296 e. The van der Waals surface area contributed by atoms with Crippen molar-refractivity contribution in [1.29, 1.82) is 0 Å². The molecule has 1 saturated heterocycles. The van der Waals surface area contributed by atoms with Gasteiger partial charge in [-0.05, 0) is 51.4 Å². The van der Waals surface area contributed by atoms with Crippen molar-refractivity contribution >= 4 is 29.0 Å². The third kappa shape index (κ3) is 3.70. The Morgan fingerprint density at radius 1 is 1.11 bits per heavy atom. The Balaban J connectivity index is 1.99. The lowest BCUT2D eigenvalue weighted by atomic mass is 9.82. The fraction of sp³-hybridized carbons (Fsp3) is 0.296. The molecule has 1 N–H and O–H groups in total. The molecule has 1 spiro atoms. The summed E-state index contributed by atoms with van der Waals surface area (Å²) >= 11 is 0. The largest absolute Gasteiger partial charge is 0.507 e. The van der Waals surface area contributed by atoms with Gasteiger partial charge in [-0.3, -0.25) is 14.4 Å². The van der Waals surface area contributed by atoms with E-state index in [-0.39, 0.29) is 18.7 Å². The minimum Gasteiger partial charge on any atom is -0.507 e. The van der Waals surface area contributed by atoms with E-state index in [1.54, 1.807) is 54.6 Å². The highest BCUT2D eigenvalue weighted by Gasteiger charge is 2.66. The Bertz CT molecular complexity index is 1220. The molecular formula is C27H29N3O5. The van der Waals surface area contributed by atoms with E-state index in [0.29, 0.717) is 35.7 Å². The second kappa shape index (κ2) is 9.38. The number of anilines is 1. The third-order valence-electron chi connectivity index (χ3n) is 6.33. The summed E-state index contributed by atoms with van der Waals surface area (Å²) in [5, 5.41) is 11.4. The average Bonchev–Trinajstić information content (AvgIpc) is 3.22. The molecule has 0 radical (unpaired) electrons. The lowest BCUT2D eigenvalue weighted by Crippen LogP contribution is -2.53. The number of likely N-dealkylation sites (tertiary alicyclic amines) is 1. The van der Waals surface area contributed by atoms with Crippen LogP contribution in [0.15, 0.2) is 66.8 Å². The topological polar surface area (TPSA) is 90.4 Å². The normalized spacial score (nSPS) is 20.7. The molecule has 0 aliphatic carbocycles. The molecule has 0 saturated carbocycles. The van der Waals surface area contributed by atoms with E-state index in [2.05, 4.69) is 6.58 Å². The Morgan fingerprint density at radius 3 is 2.43 bits per heavy atom. The first-order chi connectivity index (χ1) is 16.8. The Kier molecular flexibility index (Phi) is 6.49. The van der Waals surface area contributed by atoms with Gasteiger partial charge in [-0.25, -0.2) is 0 Å². The number of likely N-dealkylation sites (N-methyl/N-ethyl adjacent to an activating group) is 1. The Morgan fingerprint density at radius 2 is 1.80 bits per heavy atom. The van der Waals surface area contributed by atoms with Crippen LogP contribution in [0, 0.1) is 0 Å². The molecule has 2 aromatic carbocycles. The van der Waals surface area contributed by atoms with E-state index in [0.717, 1.165) is 0 Å². The van der Waals surface area contributed by atoms with Crippen LogP contribution < -0.4 is 9.64 Å². The standard InChI is InChI=1S/C27H29N3O5/c1-5-15-29-21-10-8-7-9-20(21)27(26(29)34)22(24(32)25(33)30(27)17-16-28(3)4)23(31)18-11-13-19(14-12-18)35-6-2/h5,7-14,31H,1,6,15-17H2,2-4H3/t27-/m1/s1. The van der Waals surface area contributed by atoms with Gasteiger partial charge in [-0.1, -0.05) is 24.3 Å². The van der Waals surface area contributed by atoms with Crippen molar-refractivity contribution in [1.82, 2.24) is 9.80 Å². The highest BCUT2D eigenvalue weighted by atomic mass is 16.5. The predicted octanol–water partition coefficient (Wildman–Crippen LogP) is 2.76. The zero-order valence-electron chi connectivity index (χ0n) is 20.2. The van der Waals surface area contributed by atoms with E-state index in [1.807, 2.05) is 25.9 Å². The van der Waals surface area contributed by atoms with Crippen LogP contribution in [0.25, 0.3) is 5.76 Å². The first-order valence-electron chi connectivity index (χ1n) is 11.5. The Labute approximate surface area is 204 Å². The van der Waals surface area contributed by atoms with Gasteiger partial charge >= 0.3 is 0 Å². The summed E-state index contributed by atoms with van der Waals surface area (Å²) in [4.78, 5) is 45.7. The molecule has 2 aromatic rings. The number of hydrogen-bond donors (Lipinski definition) is 1. The van der Waals surface area contributed by atoms with E-state index in [1.165, 1.54) is 9.80 Å². The smallest absolute Gasteiger partial charge is 0.296 e. The van der Waals surface area contributed by atoms with Crippen LogP contribution in [0.4, 0.5) is 5.69 Å². The zero-order chi connectivity index (χ0) is 25.3. The number of aliphatic hydroxyl groups excluding tert-OH is 1. The summed E-state index contributed by atoms with van der Waals surface area (Å²) in [6.07, 6.45) is 1.59. The quantitative estimate of drug-likeness (QED) is 0.273. The molecule has 2 heterocycles. The van der Waals surface area contributed by atoms with Crippen molar-refractivity contribution in [2.75, 3.05) is 45.2 Å². The molecule has 1 atom stereocenters. The lowest BCUT2D eigenvalue weighted by molar-refractivity contribution is -0.143. The fourth-order valence-corrected chi connectivity index (χ4v) is 4.80. The van der Waals surface area contributed by atoms with Gasteiger partial charge in [0.15, 0.2) is 5.54 Å². The van der Waals surface area contributed by atoms with Crippen molar-refractivity contribution in [3.8, 4) is 5.75 Å². The van der Waals surface area contributed by atoms with Crippen molar-refractivity contribution in [2.24, 2.45) is 0 Å². The molecule has 8 nitrogen and oxygen atoms in total. The van der Waals surface area contributed by atoms with Crippen LogP contribution in [0.5, 0.6) is 5.75 Å². The molecule has 4 rings (SSSR count). The van der Waals surface area contributed by atoms with Crippen LogP contribution >= 0.6 is 0 Å². The van der Waals surface area contributed by atoms with E-state index in [9.17, 15) is 19.5 Å². The minimum atomic E-state index is -1.77. The van der Waals surface area contributed by atoms with Crippen LogP contribution in [-0.4, -0.2) is 72.8 Å². The molecule has 35 heavy (non-hydrogen) atoms. The van der Waals surface area contributed by atoms with Crippen LogP contribution in [0.3, 0.4) is 0 Å². The summed E-state index contributed by atoms with van der Waals surface area (Å²) in [6, 6.07) is 13.6. The van der Waals surface area contributed by atoms with Crippen LogP contribution in [0.1, 0.15) is 18.1 Å². The summed E-state index contributed by atoms with van der Waals surface area (Å²) in [7, 11) is 3.69. The number of fused-ring (bicyclic) bond motifs is 2. The Hall–Kier alpha value is -3.91. The van der Waals surface area contributed by atoms with Crippen molar-refractivity contribution in [2.45, 2.75) is 12.5 Å². The van der Waals surface area contributed by atoms with Gasteiger partial charge in [0, 0.05) is 30.8 Å². The number of benzene rings is 2. The number of nitrogens with zero attached hydrogens (tertiary/aromatic N) is 3. The number of hydrogen-bond acceptors (Lipinski definition) is 6. The van der Waals surface area contributed by atoms with Crippen LogP contribution in [-0.2, 0) is 19.9 Å². The van der Waals surface area contributed by atoms with Gasteiger partial charge in [-0.15, -0.1) is 6.58 Å². The van der Waals surface area contributed by atoms with Crippen molar-refractivity contribution < 1.29 is 24.2 Å². The molecule has 2 amide bonds. The minimum absolute atomic E-state index is 0.125. The number of carbonyl (C=O) groups is 3. The number of aliphatic hydroxyl groups is 1. The van der Waals surface area contributed by atoms with E-state index in [4.69, 9.17) is 4.74 Å². The first kappa shape index (κ1) is 24.2. The second-order valence-corrected chi connectivity index (χ2v) is 8.70. The number of ketones is 1. The number of carbonyl (C=O) groups excluding carboxylic acids is 3. The van der Waals surface area contributed by atoms with Gasteiger partial charge in [0.25, 0.3) is 17.6 Å². The third-order valence-corrected chi connectivity index (χ3v) is 6.33. The zero-order valence-corrected chi connectivity index (χ0v) is 20.2. The number of rotatable bonds is 8. The van der Waals surface area contributed by atoms with Crippen molar-refractivity contribution in [3.63, 3.8) is 0 Å². The van der Waals surface area contributed by atoms with Crippen LogP contribution in [0.2, 0.25) is 0 Å². The monoisotopic (exact) mass is 475 g/mol. The van der Waals surface area contributed by atoms with Crippen molar-refractivity contribution in [3.05, 3.63) is 77.9 Å². The summed E-state index contributed by atoms with van der Waals surface area (Å²) in [5.41, 5.74) is -0.628. The molecule has 8 heteroatoms. The molecule has 1 fully saturated rings. The first-order valence-corrected chi connectivity index (χ1v) is 11.5. The highest BCUT2D eigenvalue weighted by Crippen LogP contribution is 2.53. The second-order valence-electron chi connectivity index (χ2n) is 8.70. The fourth-order valence-electron chi connectivity index (χ4n) is 4.80. The molecule has 2 aliphatic heterocycles. The number of para-hydroxylation sites is 1. The number of Topliss-reactive ketones (excluding diaryl/α,β-unsaturated/α-hetero) is 1. The number of ether oxygens (including phenoxy) is 1. The van der Waals surface area contributed by atoms with Gasteiger partial charge in [0.05, 0.1) is 17.9 Å². The number of amides is 2. The molecule has 182 valence electrons. The van der Waals surface area contributed by atoms with Gasteiger partial charge < -0.3 is 24.5 Å². The molecule has 0 aromatic heterocycles. The summed E-state index contributed by atoms with van der Waals surface area (Å²) < 4.78 is 5.47. The van der Waals surface area contributed by atoms with E-state index < -0.39 is 28.9 Å². The van der Waals surface area contributed by atoms with E-state index >= 15 is 0 Å². The SMILES string of the molecule is C=CCN1C(=O)[C@]2(C(=C(O)c3ccc(OCC)cc3)C(=O)C(=O)N2CCN(C)C)c2ccccc21.